The Kier molecular flexibility index (Phi) is 46.6. The molecule has 3 aromatic carbocycles. The highest BCUT2D eigenvalue weighted by atomic mass is 16.3. The van der Waals surface area contributed by atoms with Gasteiger partial charge in [0.1, 0.15) is 17.1 Å². The van der Waals surface area contributed by atoms with E-state index >= 15 is 0 Å². The molecule has 0 spiro atoms. The Hall–Kier alpha value is -7.38. The zero-order chi connectivity index (χ0) is 60.4. The molecule has 0 radical (unpaired) electrons. The molecule has 0 saturated heterocycles. The SMILES string of the molecule is CC.CC.CC.CC.CC.CC.CCC.CCCn1cc(-c2ccncc2)c(-c2ccccc2)n1.CN(C)CCn1cc(-c2ccncc2)c(-c2ccccc2)n1.CNC.OCCn1cc(-c2ccncc2)c(-c2ccccc2)n1. The van der Waals surface area contributed by atoms with Crippen LogP contribution in [0, 0.1) is 0 Å². The molecule has 9 aromatic rings. The van der Waals surface area contributed by atoms with E-state index in [-0.39, 0.29) is 6.61 Å². The van der Waals surface area contributed by atoms with Gasteiger partial charge in [-0.2, -0.15) is 15.3 Å². The lowest BCUT2D eigenvalue weighted by molar-refractivity contribution is 0.269. The van der Waals surface area contributed by atoms with Crippen LogP contribution in [0.15, 0.2) is 183 Å². The Morgan fingerprint density at radius 1 is 0.388 bits per heavy atom. The summed E-state index contributed by atoms with van der Waals surface area (Å²) in [5.74, 6) is 0. The van der Waals surface area contributed by atoms with E-state index in [2.05, 4.69) is 102 Å². The molecule has 436 valence electrons. The van der Waals surface area contributed by atoms with Gasteiger partial charge < -0.3 is 15.3 Å². The van der Waals surface area contributed by atoms with Crippen molar-refractivity contribution < 1.29 is 5.11 Å². The minimum Gasteiger partial charge on any atom is -0.394 e. The van der Waals surface area contributed by atoms with Crippen LogP contribution in [0.5, 0.6) is 0 Å². The van der Waals surface area contributed by atoms with E-state index in [1.807, 2.05) is 241 Å². The molecule has 0 saturated carbocycles. The zero-order valence-electron chi connectivity index (χ0n) is 52.7. The van der Waals surface area contributed by atoms with Crippen molar-refractivity contribution in [2.45, 2.75) is 136 Å². The summed E-state index contributed by atoms with van der Waals surface area (Å²) in [6, 6.07) is 42.7. The molecular weight excluding hydrogens is 987 g/mol. The third-order valence-corrected chi connectivity index (χ3v) is 9.96. The van der Waals surface area contributed by atoms with Gasteiger partial charge in [-0.1, -0.05) is 201 Å². The average Bonchev–Trinajstić information content (AvgIpc) is 4.30. The van der Waals surface area contributed by atoms with E-state index in [4.69, 9.17) is 15.3 Å². The minimum atomic E-state index is 0.0751. The highest BCUT2D eigenvalue weighted by Crippen LogP contribution is 2.33. The van der Waals surface area contributed by atoms with Crippen molar-refractivity contribution >= 4 is 0 Å². The monoisotopic (exact) mass is 1090 g/mol. The van der Waals surface area contributed by atoms with E-state index in [0.29, 0.717) is 6.54 Å². The number of rotatable bonds is 13. The number of aliphatic hydroxyl groups is 1. The normalized spacial score (nSPS) is 9.26. The average molecular weight is 1090 g/mol. The first-order chi connectivity index (χ1) is 39.3. The van der Waals surface area contributed by atoms with Crippen LogP contribution in [0.4, 0.5) is 0 Å². The van der Waals surface area contributed by atoms with Gasteiger partial charge in [-0.25, -0.2) is 0 Å². The maximum absolute atomic E-state index is 9.09. The number of benzene rings is 3. The fourth-order valence-electron chi connectivity index (χ4n) is 6.90. The smallest absolute Gasteiger partial charge is 0.100 e. The zero-order valence-corrected chi connectivity index (χ0v) is 52.7. The van der Waals surface area contributed by atoms with Crippen molar-refractivity contribution in [1.29, 1.82) is 0 Å². The molecule has 6 heterocycles. The Morgan fingerprint density at radius 2 is 0.637 bits per heavy atom. The fraction of sp³-hybridized carbons (Fsp3) is 0.382. The first-order valence-electron chi connectivity index (χ1n) is 29.3. The third kappa shape index (κ3) is 27.5. The van der Waals surface area contributed by atoms with Gasteiger partial charge in [0.15, 0.2) is 0 Å². The van der Waals surface area contributed by atoms with Crippen LogP contribution < -0.4 is 5.32 Å². The van der Waals surface area contributed by atoms with E-state index in [9.17, 15) is 0 Å². The van der Waals surface area contributed by atoms with Gasteiger partial charge in [-0.05, 0) is 87.7 Å². The molecule has 0 aliphatic rings. The summed E-state index contributed by atoms with van der Waals surface area (Å²) < 4.78 is 5.83. The molecule has 12 heteroatoms. The molecular formula is C68H103N11O. The topological polar surface area (TPSA) is 128 Å². The van der Waals surface area contributed by atoms with Crippen LogP contribution in [0.25, 0.3) is 67.2 Å². The lowest BCUT2D eigenvalue weighted by Gasteiger charge is -2.08. The molecule has 6 aromatic heterocycles. The van der Waals surface area contributed by atoms with Crippen LogP contribution in [-0.4, -0.2) is 95.6 Å². The number of nitrogens with zero attached hydrogens (tertiary/aromatic N) is 10. The van der Waals surface area contributed by atoms with Crippen LogP contribution in [0.2, 0.25) is 0 Å². The summed E-state index contributed by atoms with van der Waals surface area (Å²) in [4.78, 5) is 14.4. The molecule has 0 aliphatic heterocycles. The molecule has 0 unspecified atom stereocenters. The lowest BCUT2D eigenvalue weighted by atomic mass is 10.0. The quantitative estimate of drug-likeness (QED) is 0.116. The van der Waals surface area contributed by atoms with Gasteiger partial charge in [0.05, 0.1) is 19.7 Å². The van der Waals surface area contributed by atoms with Gasteiger partial charge >= 0.3 is 0 Å². The Labute approximate surface area is 485 Å². The molecule has 12 nitrogen and oxygen atoms in total. The first-order valence-corrected chi connectivity index (χ1v) is 29.3. The number of aryl methyl sites for hydroxylation is 1. The Bertz CT molecular complexity index is 2410. The predicted molar refractivity (Wildman–Crippen MR) is 348 cm³/mol. The standard InChI is InChI=1S/C18H20N4.C17H17N3.C16H15N3O.C3H8.C2H7N.6C2H6/c1-21(2)12-13-22-14-17(15-8-10-19-11-9-15)18(20-22)16-6-4-3-5-7-16;1-2-12-20-13-16(14-8-10-18-11-9-14)17(19-20)15-6-4-3-5-7-15;20-11-10-19-12-15(13-6-8-17-9-7-13)16(18-19)14-4-2-1-3-5-14;2*1-3-2;6*1-2/h3-11,14H,12-13H2,1-2H3;3-11,13H,2,12H2,1H3;1-9,12,20H,10-11H2;3H2,1-2H3;3H,1-2H3;6*1-2H3. The second kappa shape index (κ2) is 49.9. The highest BCUT2D eigenvalue weighted by molar-refractivity contribution is 5.82. The van der Waals surface area contributed by atoms with E-state index in [1.54, 1.807) is 17.1 Å². The molecule has 0 atom stereocenters. The van der Waals surface area contributed by atoms with Gasteiger partial charge in [0.2, 0.25) is 0 Å². The predicted octanol–water partition coefficient (Wildman–Crippen LogP) is 17.2. The molecule has 0 bridgehead atoms. The van der Waals surface area contributed by atoms with Crippen LogP contribution in [0.1, 0.15) is 117 Å². The summed E-state index contributed by atoms with van der Waals surface area (Å²) in [6.45, 7) is 33.8. The molecule has 0 amide bonds. The van der Waals surface area contributed by atoms with Crippen molar-refractivity contribution in [2.75, 3.05) is 41.3 Å². The second-order valence-electron chi connectivity index (χ2n) is 16.0. The van der Waals surface area contributed by atoms with Crippen molar-refractivity contribution in [2.24, 2.45) is 0 Å². The van der Waals surface area contributed by atoms with Crippen molar-refractivity contribution in [3.63, 3.8) is 0 Å². The number of likely N-dealkylation sites (N-methyl/N-ethyl adjacent to an activating group) is 1. The number of pyridine rings is 3. The second-order valence-corrected chi connectivity index (χ2v) is 16.0. The third-order valence-electron chi connectivity index (χ3n) is 9.96. The van der Waals surface area contributed by atoms with Gasteiger partial charge in [0.25, 0.3) is 0 Å². The Balaban J connectivity index is 0. The number of aliphatic hydroxyl groups excluding tert-OH is 1. The van der Waals surface area contributed by atoms with Crippen molar-refractivity contribution in [3.05, 3.63) is 183 Å². The van der Waals surface area contributed by atoms with Crippen LogP contribution in [-0.2, 0) is 19.6 Å². The summed E-state index contributed by atoms with van der Waals surface area (Å²) in [5.41, 5.74) is 13.0. The fourth-order valence-corrected chi connectivity index (χ4v) is 6.90. The van der Waals surface area contributed by atoms with Gasteiger partial charge in [-0.3, -0.25) is 29.0 Å². The largest absolute Gasteiger partial charge is 0.394 e. The first kappa shape index (κ1) is 74.7. The highest BCUT2D eigenvalue weighted by Gasteiger charge is 2.15. The number of hydrogen-bond donors (Lipinski definition) is 2. The van der Waals surface area contributed by atoms with Gasteiger partial charge in [-0.15, -0.1) is 0 Å². The maximum Gasteiger partial charge on any atom is 0.100 e. The van der Waals surface area contributed by atoms with Crippen molar-refractivity contribution in [3.8, 4) is 67.2 Å². The Morgan fingerprint density at radius 3 is 0.875 bits per heavy atom. The van der Waals surface area contributed by atoms with E-state index in [0.717, 1.165) is 93.2 Å². The summed E-state index contributed by atoms with van der Waals surface area (Å²) >= 11 is 0. The molecule has 9 rings (SSSR count). The number of aromatic nitrogens is 9. The summed E-state index contributed by atoms with van der Waals surface area (Å²) in [5, 5.41) is 26.0. The maximum atomic E-state index is 9.09. The van der Waals surface area contributed by atoms with Crippen LogP contribution >= 0.6 is 0 Å². The summed E-state index contributed by atoms with van der Waals surface area (Å²) in [6.07, 6.45) is 19.4. The minimum absolute atomic E-state index is 0.0751. The van der Waals surface area contributed by atoms with Crippen LogP contribution in [0.3, 0.4) is 0 Å². The number of hydrogen-bond acceptors (Lipinski definition) is 9. The molecule has 80 heavy (non-hydrogen) atoms. The van der Waals surface area contributed by atoms with Crippen molar-refractivity contribution in [1.82, 2.24) is 54.5 Å². The van der Waals surface area contributed by atoms with Gasteiger partial charge in [0, 0.05) is 102 Å². The molecule has 0 aliphatic carbocycles. The molecule has 0 fully saturated rings. The molecule has 2 N–H and O–H groups in total. The van der Waals surface area contributed by atoms with E-state index in [1.165, 1.54) is 6.42 Å². The lowest BCUT2D eigenvalue weighted by Crippen LogP contribution is -2.18. The summed E-state index contributed by atoms with van der Waals surface area (Å²) in [7, 11) is 7.90. The number of nitrogens with one attached hydrogen (secondary N) is 1. The van der Waals surface area contributed by atoms with E-state index < -0.39 is 0 Å².